The van der Waals surface area contributed by atoms with E-state index in [1.807, 2.05) is 12.1 Å². The predicted molar refractivity (Wildman–Crippen MR) is 69.4 cm³/mol. The van der Waals surface area contributed by atoms with Crippen LogP contribution >= 0.6 is 0 Å². The van der Waals surface area contributed by atoms with Gasteiger partial charge in [0.25, 0.3) is 0 Å². The Hall–Kier alpha value is -1.94. The number of nitrogens with two attached hydrogens (primary N) is 1. The number of nitrogens with zero attached hydrogens (tertiary/aromatic N) is 2. The van der Waals surface area contributed by atoms with Crippen molar-refractivity contribution < 1.29 is 4.74 Å². The first-order valence-electron chi connectivity index (χ1n) is 6.11. The summed E-state index contributed by atoms with van der Waals surface area (Å²) in [6.45, 7) is 1.38. The summed E-state index contributed by atoms with van der Waals surface area (Å²) in [6.07, 6.45) is 6.12. The van der Waals surface area contributed by atoms with Gasteiger partial charge in [0.15, 0.2) is 0 Å². The summed E-state index contributed by atoms with van der Waals surface area (Å²) >= 11 is 0. The van der Waals surface area contributed by atoms with Crippen molar-refractivity contribution in [3.05, 3.63) is 42.5 Å². The lowest BCUT2D eigenvalue weighted by molar-refractivity contribution is 0.270. The third-order valence-electron chi connectivity index (χ3n) is 3.35. The van der Waals surface area contributed by atoms with Gasteiger partial charge in [-0.1, -0.05) is 18.2 Å². The number of ether oxygens (including phenoxy) is 1. The van der Waals surface area contributed by atoms with Crippen LogP contribution in [0.25, 0.3) is 11.1 Å². The first kappa shape index (κ1) is 11.2. The van der Waals surface area contributed by atoms with E-state index in [2.05, 4.69) is 16.0 Å². The third-order valence-corrected chi connectivity index (χ3v) is 3.35. The molecule has 0 unspecified atom stereocenters. The highest BCUT2D eigenvalue weighted by atomic mass is 16.5. The van der Waals surface area contributed by atoms with Crippen LogP contribution in [0.4, 0.5) is 0 Å². The van der Waals surface area contributed by atoms with E-state index >= 15 is 0 Å². The second-order valence-corrected chi connectivity index (χ2v) is 4.42. The average Bonchev–Trinajstić information content (AvgIpc) is 2.47. The summed E-state index contributed by atoms with van der Waals surface area (Å²) < 4.78 is 5.83. The monoisotopic (exact) mass is 241 g/mol. The van der Waals surface area contributed by atoms with Crippen molar-refractivity contribution in [1.82, 2.24) is 9.97 Å². The zero-order valence-corrected chi connectivity index (χ0v) is 10.0. The third kappa shape index (κ3) is 1.84. The molecular formula is C14H15N3O. The van der Waals surface area contributed by atoms with Crippen LogP contribution in [0.3, 0.4) is 0 Å². The lowest BCUT2D eigenvalue weighted by Crippen LogP contribution is -2.21. The molecule has 0 aliphatic carbocycles. The van der Waals surface area contributed by atoms with Crippen LogP contribution in [0.5, 0.6) is 5.75 Å². The molecule has 0 radical (unpaired) electrons. The van der Waals surface area contributed by atoms with Crippen LogP contribution in [0.15, 0.2) is 36.9 Å². The highest BCUT2D eigenvalue weighted by Crippen LogP contribution is 2.40. The molecule has 1 aliphatic rings. The second kappa shape index (κ2) is 4.74. The second-order valence-electron chi connectivity index (χ2n) is 4.42. The summed E-state index contributed by atoms with van der Waals surface area (Å²) in [5.41, 5.74) is 9.05. The van der Waals surface area contributed by atoms with Gasteiger partial charge in [0, 0.05) is 29.4 Å². The van der Waals surface area contributed by atoms with Crippen molar-refractivity contribution in [3.8, 4) is 16.9 Å². The van der Waals surface area contributed by atoms with Crippen molar-refractivity contribution in [3.63, 3.8) is 0 Å². The quantitative estimate of drug-likeness (QED) is 0.873. The maximum atomic E-state index is 5.83. The summed E-state index contributed by atoms with van der Waals surface area (Å²) in [6, 6.07) is 6.17. The van der Waals surface area contributed by atoms with E-state index in [1.165, 1.54) is 11.9 Å². The molecule has 4 nitrogen and oxygen atoms in total. The van der Waals surface area contributed by atoms with Crippen LogP contribution in [0.2, 0.25) is 0 Å². The van der Waals surface area contributed by atoms with Gasteiger partial charge in [-0.3, -0.25) is 0 Å². The molecule has 0 spiro atoms. The van der Waals surface area contributed by atoms with Crippen LogP contribution in [0.1, 0.15) is 17.9 Å². The fourth-order valence-electron chi connectivity index (χ4n) is 2.41. The summed E-state index contributed by atoms with van der Waals surface area (Å²) in [4.78, 5) is 8.12. The van der Waals surface area contributed by atoms with Crippen LogP contribution in [0, 0.1) is 0 Å². The fourth-order valence-corrected chi connectivity index (χ4v) is 2.41. The molecule has 1 aromatic carbocycles. The maximum absolute atomic E-state index is 5.83. The van der Waals surface area contributed by atoms with Crippen molar-refractivity contribution in [2.24, 2.45) is 5.73 Å². The van der Waals surface area contributed by atoms with Crippen LogP contribution in [-0.4, -0.2) is 23.1 Å². The topological polar surface area (TPSA) is 61.0 Å². The van der Waals surface area contributed by atoms with Crippen molar-refractivity contribution in [2.75, 3.05) is 13.2 Å². The highest BCUT2D eigenvalue weighted by Gasteiger charge is 2.23. The molecule has 4 heteroatoms. The molecule has 2 aromatic rings. The van der Waals surface area contributed by atoms with Gasteiger partial charge in [-0.25, -0.2) is 9.97 Å². The number of hydrogen-bond donors (Lipinski definition) is 1. The molecule has 1 atom stereocenters. The zero-order valence-electron chi connectivity index (χ0n) is 10.0. The molecule has 1 aliphatic heterocycles. The predicted octanol–water partition coefficient (Wildman–Crippen LogP) is 1.97. The minimum Gasteiger partial charge on any atom is -0.493 e. The zero-order chi connectivity index (χ0) is 12.4. The first-order chi connectivity index (χ1) is 8.90. The van der Waals surface area contributed by atoms with E-state index in [9.17, 15) is 0 Å². The number of aromatic nitrogens is 2. The number of fused-ring (bicyclic) bond motifs is 1. The van der Waals surface area contributed by atoms with E-state index in [0.29, 0.717) is 12.5 Å². The van der Waals surface area contributed by atoms with E-state index < -0.39 is 0 Å². The molecule has 0 saturated carbocycles. The smallest absolute Gasteiger partial charge is 0.130 e. The van der Waals surface area contributed by atoms with Gasteiger partial charge in [-0.05, 0) is 18.5 Å². The molecule has 2 heterocycles. The number of benzene rings is 1. The molecule has 0 saturated heterocycles. The van der Waals surface area contributed by atoms with E-state index in [4.69, 9.17) is 10.5 Å². The van der Waals surface area contributed by atoms with Crippen LogP contribution in [-0.2, 0) is 0 Å². The summed E-state index contributed by atoms with van der Waals surface area (Å²) in [5, 5.41) is 0. The van der Waals surface area contributed by atoms with Gasteiger partial charge >= 0.3 is 0 Å². The molecular weight excluding hydrogens is 226 g/mol. The largest absolute Gasteiger partial charge is 0.493 e. The normalized spacial score (nSPS) is 17.9. The number of rotatable bonds is 2. The van der Waals surface area contributed by atoms with Gasteiger partial charge in [0.2, 0.25) is 0 Å². The molecule has 18 heavy (non-hydrogen) atoms. The van der Waals surface area contributed by atoms with E-state index in [0.717, 1.165) is 29.9 Å². The Morgan fingerprint density at radius 1 is 1.28 bits per heavy atom. The number of hydrogen-bond acceptors (Lipinski definition) is 4. The Balaban J connectivity index is 2.12. The highest BCUT2D eigenvalue weighted by molar-refractivity contribution is 5.71. The Morgan fingerprint density at radius 2 is 2.11 bits per heavy atom. The SMILES string of the molecule is NC[C@@H]1CCOc2c(-c3cncnc3)cccc21. The Morgan fingerprint density at radius 3 is 2.89 bits per heavy atom. The summed E-state index contributed by atoms with van der Waals surface area (Å²) in [5.74, 6) is 1.33. The Labute approximate surface area is 106 Å². The molecule has 0 fully saturated rings. The van der Waals surface area contributed by atoms with Gasteiger partial charge in [-0.15, -0.1) is 0 Å². The fraction of sp³-hybridized carbons (Fsp3) is 0.286. The lowest BCUT2D eigenvalue weighted by atomic mass is 9.90. The minimum absolute atomic E-state index is 0.387. The first-order valence-corrected chi connectivity index (χ1v) is 6.11. The number of para-hydroxylation sites is 1. The Bertz CT molecular complexity index is 542. The van der Waals surface area contributed by atoms with Crippen LogP contribution < -0.4 is 10.5 Å². The van der Waals surface area contributed by atoms with Crippen molar-refractivity contribution in [1.29, 1.82) is 0 Å². The maximum Gasteiger partial charge on any atom is 0.130 e. The summed E-state index contributed by atoms with van der Waals surface area (Å²) in [7, 11) is 0. The van der Waals surface area contributed by atoms with Gasteiger partial charge in [0.05, 0.1) is 6.61 Å². The van der Waals surface area contributed by atoms with Gasteiger partial charge in [-0.2, -0.15) is 0 Å². The lowest BCUT2D eigenvalue weighted by Gasteiger charge is -2.26. The molecule has 3 rings (SSSR count). The Kier molecular flexibility index (Phi) is 2.94. The van der Waals surface area contributed by atoms with Gasteiger partial charge < -0.3 is 10.5 Å². The van der Waals surface area contributed by atoms with Crippen molar-refractivity contribution in [2.45, 2.75) is 12.3 Å². The molecule has 2 N–H and O–H groups in total. The molecule has 1 aromatic heterocycles. The van der Waals surface area contributed by atoms with Gasteiger partial charge in [0.1, 0.15) is 12.1 Å². The molecule has 92 valence electrons. The van der Waals surface area contributed by atoms with E-state index in [1.54, 1.807) is 12.4 Å². The molecule has 0 amide bonds. The average molecular weight is 241 g/mol. The van der Waals surface area contributed by atoms with E-state index in [-0.39, 0.29) is 0 Å². The minimum atomic E-state index is 0.387. The van der Waals surface area contributed by atoms with Crippen molar-refractivity contribution >= 4 is 0 Å². The molecule has 0 bridgehead atoms. The standard InChI is InChI=1S/C14H15N3O/c15-6-10-4-5-18-14-12(10)2-1-3-13(14)11-7-16-9-17-8-11/h1-3,7-10H,4-6,15H2/t10-/m0/s1.